The Hall–Kier alpha value is -2.27. The first-order chi connectivity index (χ1) is 17.0. The molecule has 2 aliphatic rings. The minimum atomic E-state index is -1.61. The quantitative estimate of drug-likeness (QED) is 0.387. The Morgan fingerprint density at radius 2 is 1.78 bits per heavy atom. The Kier molecular flexibility index (Phi) is 7.89. The zero-order valence-corrected chi connectivity index (χ0v) is 21.1. The van der Waals surface area contributed by atoms with E-state index in [-0.39, 0.29) is 40.8 Å². The van der Waals surface area contributed by atoms with Crippen LogP contribution in [0.25, 0.3) is 0 Å². The number of carbonyl (C=O) groups excluding carboxylic acids is 2. The molecule has 4 rings (SSSR count). The Morgan fingerprint density at radius 1 is 1.17 bits per heavy atom. The van der Waals surface area contributed by atoms with Crippen LogP contribution < -0.4 is 16.4 Å². The predicted molar refractivity (Wildman–Crippen MR) is 132 cm³/mol. The number of hydrogen-bond acceptors (Lipinski definition) is 5. The van der Waals surface area contributed by atoms with Crippen molar-refractivity contribution in [3.8, 4) is 0 Å². The van der Waals surface area contributed by atoms with Crippen LogP contribution >= 0.6 is 23.4 Å². The number of aliphatic hydroxyl groups is 1. The number of anilines is 1. The van der Waals surface area contributed by atoms with Gasteiger partial charge in [-0.05, 0) is 62.6 Å². The smallest absolute Gasteiger partial charge is 0.255 e. The van der Waals surface area contributed by atoms with E-state index >= 15 is 0 Å². The van der Waals surface area contributed by atoms with Gasteiger partial charge in [0, 0.05) is 40.1 Å². The summed E-state index contributed by atoms with van der Waals surface area (Å²) < 4.78 is 40.2. The third kappa shape index (κ3) is 5.51. The van der Waals surface area contributed by atoms with Crippen LogP contribution in [0.1, 0.15) is 43.0 Å². The lowest BCUT2D eigenvalue weighted by atomic mass is 9.74. The molecule has 0 aromatic heterocycles. The van der Waals surface area contributed by atoms with E-state index in [1.54, 1.807) is 19.1 Å². The minimum absolute atomic E-state index is 0.00987. The first-order valence-electron chi connectivity index (χ1n) is 11.7. The molecule has 5 N–H and O–H groups in total. The van der Waals surface area contributed by atoms with Crippen molar-refractivity contribution >= 4 is 40.9 Å². The average Bonchev–Trinajstić information content (AvgIpc) is 2.97. The van der Waals surface area contributed by atoms with Crippen molar-refractivity contribution in [1.29, 1.82) is 0 Å². The van der Waals surface area contributed by atoms with Crippen molar-refractivity contribution < 1.29 is 27.9 Å². The fourth-order valence-corrected chi connectivity index (χ4v) is 6.77. The zero-order chi connectivity index (χ0) is 26.2. The fraction of sp³-hybridized carbons (Fsp3) is 0.440. The molecule has 2 saturated carbocycles. The summed E-state index contributed by atoms with van der Waals surface area (Å²) in [6.45, 7) is 1.76. The number of hydrogen-bond donors (Lipinski definition) is 4. The first kappa shape index (κ1) is 26.8. The third-order valence-corrected chi connectivity index (χ3v) is 8.81. The van der Waals surface area contributed by atoms with E-state index in [0.717, 1.165) is 12.8 Å². The van der Waals surface area contributed by atoms with Gasteiger partial charge in [-0.2, -0.15) is 0 Å². The number of fused-ring (bicyclic) bond motifs is 2. The van der Waals surface area contributed by atoms with Crippen molar-refractivity contribution in [2.75, 3.05) is 11.9 Å². The second kappa shape index (κ2) is 10.6. The van der Waals surface area contributed by atoms with Crippen LogP contribution in [-0.4, -0.2) is 40.4 Å². The number of benzene rings is 2. The SMILES string of the molecule is C[C@H](N)C(=O)NC[C@@]1(O)C2CC[C@H]1C[C@H](Sc1cc(C(=O)Nc3cc(F)c(F)c(F)c3)ccc1Cl)C2. The van der Waals surface area contributed by atoms with E-state index in [4.69, 9.17) is 17.3 Å². The molecule has 2 amide bonds. The van der Waals surface area contributed by atoms with E-state index in [1.165, 1.54) is 17.8 Å². The molecule has 11 heteroatoms. The summed E-state index contributed by atoms with van der Waals surface area (Å²) >= 11 is 7.91. The van der Waals surface area contributed by atoms with Gasteiger partial charge in [0.2, 0.25) is 5.91 Å². The van der Waals surface area contributed by atoms with Crippen molar-refractivity contribution in [3.05, 3.63) is 58.4 Å². The molecule has 2 aromatic rings. The molecular weight excluding hydrogens is 515 g/mol. The molecule has 194 valence electrons. The first-order valence-corrected chi connectivity index (χ1v) is 12.9. The summed E-state index contributed by atoms with van der Waals surface area (Å²) in [7, 11) is 0. The highest BCUT2D eigenvalue weighted by Crippen LogP contribution is 2.53. The molecular formula is C25H27ClF3N3O3S. The summed E-state index contributed by atoms with van der Waals surface area (Å²) in [5, 5.41) is 17.1. The topological polar surface area (TPSA) is 104 Å². The molecule has 2 aliphatic carbocycles. The highest BCUT2D eigenvalue weighted by atomic mass is 35.5. The molecule has 2 bridgehead atoms. The van der Waals surface area contributed by atoms with Gasteiger partial charge in [-0.3, -0.25) is 9.59 Å². The third-order valence-electron chi connectivity index (χ3n) is 7.06. The molecule has 0 heterocycles. The van der Waals surface area contributed by atoms with Crippen molar-refractivity contribution in [2.24, 2.45) is 17.6 Å². The molecule has 0 aliphatic heterocycles. The minimum Gasteiger partial charge on any atom is -0.387 e. The van der Waals surface area contributed by atoms with E-state index in [2.05, 4.69) is 10.6 Å². The van der Waals surface area contributed by atoms with Crippen LogP contribution in [0.15, 0.2) is 35.2 Å². The molecule has 5 atom stereocenters. The highest BCUT2D eigenvalue weighted by molar-refractivity contribution is 8.00. The summed E-state index contributed by atoms with van der Waals surface area (Å²) in [4.78, 5) is 25.2. The molecule has 0 spiro atoms. The number of halogens is 4. The van der Waals surface area contributed by atoms with Crippen LogP contribution in [0.5, 0.6) is 0 Å². The second-order valence-corrected chi connectivity index (χ2v) is 11.3. The molecule has 0 saturated heterocycles. The second-order valence-electron chi connectivity index (χ2n) is 9.53. The average molecular weight is 542 g/mol. The summed E-state index contributed by atoms with van der Waals surface area (Å²) in [6, 6.07) is 5.43. The van der Waals surface area contributed by atoms with E-state index in [1.807, 2.05) is 0 Å². The van der Waals surface area contributed by atoms with Crippen molar-refractivity contribution in [3.63, 3.8) is 0 Å². The molecule has 2 fully saturated rings. The Morgan fingerprint density at radius 3 is 2.36 bits per heavy atom. The van der Waals surface area contributed by atoms with Crippen LogP contribution in [-0.2, 0) is 4.79 Å². The molecule has 1 unspecified atom stereocenters. The number of nitrogens with one attached hydrogen (secondary N) is 2. The number of nitrogens with two attached hydrogens (primary N) is 1. The van der Waals surface area contributed by atoms with Gasteiger partial charge in [0.05, 0.1) is 16.7 Å². The van der Waals surface area contributed by atoms with Gasteiger partial charge in [0.25, 0.3) is 5.91 Å². The van der Waals surface area contributed by atoms with Crippen LogP contribution in [0.3, 0.4) is 0 Å². The van der Waals surface area contributed by atoms with E-state index in [0.29, 0.717) is 34.9 Å². The summed E-state index contributed by atoms with van der Waals surface area (Å²) in [5.74, 6) is -5.31. The van der Waals surface area contributed by atoms with Gasteiger partial charge in [-0.15, -0.1) is 11.8 Å². The van der Waals surface area contributed by atoms with Gasteiger partial charge in [0.1, 0.15) is 0 Å². The molecule has 0 radical (unpaired) electrons. The molecule has 36 heavy (non-hydrogen) atoms. The van der Waals surface area contributed by atoms with Gasteiger partial charge < -0.3 is 21.5 Å². The van der Waals surface area contributed by atoms with Crippen LogP contribution in [0.4, 0.5) is 18.9 Å². The van der Waals surface area contributed by atoms with Crippen molar-refractivity contribution in [1.82, 2.24) is 5.32 Å². The number of amides is 2. The largest absolute Gasteiger partial charge is 0.387 e. The predicted octanol–water partition coefficient (Wildman–Crippen LogP) is 4.48. The monoisotopic (exact) mass is 541 g/mol. The van der Waals surface area contributed by atoms with Gasteiger partial charge in [0.15, 0.2) is 17.5 Å². The lowest BCUT2D eigenvalue weighted by molar-refractivity contribution is -0.125. The van der Waals surface area contributed by atoms with E-state index < -0.39 is 35.0 Å². The molecule has 2 aromatic carbocycles. The maximum absolute atomic E-state index is 13.5. The highest BCUT2D eigenvalue weighted by Gasteiger charge is 2.53. The van der Waals surface area contributed by atoms with Gasteiger partial charge in [-0.25, -0.2) is 13.2 Å². The normalized spacial score (nSPS) is 25.9. The number of rotatable bonds is 7. The maximum atomic E-state index is 13.5. The summed E-state index contributed by atoms with van der Waals surface area (Å²) in [6.07, 6.45) is 3.14. The van der Waals surface area contributed by atoms with Crippen LogP contribution in [0, 0.1) is 29.3 Å². The van der Waals surface area contributed by atoms with Gasteiger partial charge in [-0.1, -0.05) is 11.6 Å². The Labute approximate surface area is 216 Å². The number of thioether (sulfide) groups is 1. The standard InChI is InChI=1S/C25H27ClF3N3O3S/c1-12(30)23(33)31-11-25(35)14-3-4-15(25)8-17(7-14)36-21-6-13(2-5-18(21)26)24(34)32-16-9-19(27)22(29)20(28)10-16/h2,5-6,9-10,12,14-15,17,35H,3-4,7-8,11,30H2,1H3,(H,31,33)(H,32,34)/t12-,14-,15?,17-,25-/m0/s1. The maximum Gasteiger partial charge on any atom is 0.255 e. The lowest BCUT2D eigenvalue weighted by Gasteiger charge is -2.42. The fourth-order valence-electron chi connectivity index (χ4n) is 5.13. The lowest BCUT2D eigenvalue weighted by Crippen LogP contribution is -2.55. The van der Waals surface area contributed by atoms with Gasteiger partial charge >= 0.3 is 0 Å². The molecule has 6 nitrogen and oxygen atoms in total. The Balaban J connectivity index is 1.43. The zero-order valence-electron chi connectivity index (χ0n) is 19.5. The number of carbonyl (C=O) groups is 2. The van der Waals surface area contributed by atoms with Crippen LogP contribution in [0.2, 0.25) is 5.02 Å². The Bertz CT molecular complexity index is 1150. The van der Waals surface area contributed by atoms with Crippen molar-refractivity contribution in [2.45, 2.75) is 54.4 Å². The summed E-state index contributed by atoms with van der Waals surface area (Å²) in [5.41, 5.74) is 4.65. The van der Waals surface area contributed by atoms with E-state index in [9.17, 15) is 27.9 Å².